The first-order chi connectivity index (χ1) is 10.4. The Kier molecular flexibility index (Phi) is 4.15. The molecule has 0 N–H and O–H groups in total. The minimum atomic E-state index is 0.272. The van der Waals surface area contributed by atoms with Gasteiger partial charge in [0.15, 0.2) is 0 Å². The summed E-state index contributed by atoms with van der Waals surface area (Å²) in [4.78, 5) is 13.2. The number of carbonyl (C=O) groups excluding carboxylic acids is 1. The molecule has 1 aromatic carbocycles. The summed E-state index contributed by atoms with van der Waals surface area (Å²) in [5.41, 5.74) is 3.31. The molecule has 0 aliphatic heterocycles. The van der Waals surface area contributed by atoms with Crippen molar-refractivity contribution >= 4 is 12.0 Å². The summed E-state index contributed by atoms with van der Waals surface area (Å²) in [5, 5.41) is 0. The van der Waals surface area contributed by atoms with Crippen LogP contribution < -0.4 is 4.90 Å². The Balaban J connectivity index is 1.92. The van der Waals surface area contributed by atoms with E-state index in [9.17, 15) is 4.79 Å². The van der Waals surface area contributed by atoms with Gasteiger partial charge in [0.05, 0.1) is 6.04 Å². The monoisotopic (exact) mass is 277 g/mol. The second kappa shape index (κ2) is 6.40. The SMILES string of the molecule is O=CC1=CCC(N(C2=CC=CCC2)c2ccccc2)C=C1. The van der Waals surface area contributed by atoms with E-state index in [1.165, 1.54) is 11.4 Å². The van der Waals surface area contributed by atoms with Gasteiger partial charge in [0.25, 0.3) is 0 Å². The average molecular weight is 277 g/mol. The molecule has 2 nitrogen and oxygen atoms in total. The molecule has 0 bridgehead atoms. The highest BCUT2D eigenvalue weighted by molar-refractivity contribution is 5.78. The molecule has 1 aromatic rings. The Labute approximate surface area is 125 Å². The number of hydrogen-bond donors (Lipinski definition) is 0. The molecule has 0 fully saturated rings. The largest absolute Gasteiger partial charge is 0.338 e. The van der Waals surface area contributed by atoms with Crippen molar-refractivity contribution in [2.45, 2.75) is 25.3 Å². The van der Waals surface area contributed by atoms with Gasteiger partial charge in [-0.2, -0.15) is 0 Å². The fourth-order valence-electron chi connectivity index (χ4n) is 2.85. The number of anilines is 1. The highest BCUT2D eigenvalue weighted by atomic mass is 16.1. The van der Waals surface area contributed by atoms with E-state index in [0.29, 0.717) is 0 Å². The van der Waals surface area contributed by atoms with E-state index in [0.717, 1.165) is 31.1 Å². The van der Waals surface area contributed by atoms with Gasteiger partial charge in [-0.25, -0.2) is 0 Å². The molecule has 2 aliphatic rings. The van der Waals surface area contributed by atoms with Crippen LogP contribution in [0.3, 0.4) is 0 Å². The van der Waals surface area contributed by atoms with Gasteiger partial charge in [0.1, 0.15) is 6.29 Å². The molecule has 2 heteroatoms. The van der Waals surface area contributed by atoms with Crippen LogP contribution in [0.2, 0.25) is 0 Å². The molecule has 0 heterocycles. The van der Waals surface area contributed by atoms with E-state index in [-0.39, 0.29) is 6.04 Å². The van der Waals surface area contributed by atoms with E-state index in [1.807, 2.05) is 18.2 Å². The second-order valence-electron chi connectivity index (χ2n) is 5.31. The van der Waals surface area contributed by atoms with Crippen molar-refractivity contribution in [2.75, 3.05) is 4.90 Å². The summed E-state index contributed by atoms with van der Waals surface area (Å²) in [6.07, 6.45) is 16.5. The van der Waals surface area contributed by atoms with Crippen LogP contribution in [0.25, 0.3) is 0 Å². The number of aldehydes is 1. The van der Waals surface area contributed by atoms with E-state index in [4.69, 9.17) is 0 Å². The number of nitrogens with zero attached hydrogens (tertiary/aromatic N) is 1. The molecule has 0 amide bonds. The van der Waals surface area contributed by atoms with E-state index in [1.54, 1.807) is 0 Å². The Morgan fingerprint density at radius 1 is 1.19 bits per heavy atom. The maximum atomic E-state index is 10.9. The number of carbonyl (C=O) groups is 1. The normalized spacial score (nSPS) is 20.7. The van der Waals surface area contributed by atoms with Crippen molar-refractivity contribution < 1.29 is 4.79 Å². The lowest BCUT2D eigenvalue weighted by atomic mass is 9.99. The maximum absolute atomic E-state index is 10.9. The molecule has 21 heavy (non-hydrogen) atoms. The van der Waals surface area contributed by atoms with Crippen LogP contribution in [-0.2, 0) is 4.79 Å². The molecular weight excluding hydrogens is 258 g/mol. The van der Waals surface area contributed by atoms with Crippen LogP contribution >= 0.6 is 0 Å². The fraction of sp³-hybridized carbons (Fsp3) is 0.211. The van der Waals surface area contributed by atoms with Crippen LogP contribution in [0.15, 0.2) is 78.1 Å². The molecule has 0 spiro atoms. The van der Waals surface area contributed by atoms with Gasteiger partial charge in [0, 0.05) is 17.0 Å². The second-order valence-corrected chi connectivity index (χ2v) is 5.31. The summed E-state index contributed by atoms with van der Waals surface area (Å²) < 4.78 is 0. The first-order valence-electron chi connectivity index (χ1n) is 7.42. The van der Waals surface area contributed by atoms with E-state index >= 15 is 0 Å². The molecule has 1 atom stereocenters. The quantitative estimate of drug-likeness (QED) is 0.769. The highest BCUT2D eigenvalue weighted by Gasteiger charge is 2.21. The number of allylic oxidation sites excluding steroid dienone is 6. The predicted molar refractivity (Wildman–Crippen MR) is 87.1 cm³/mol. The zero-order valence-corrected chi connectivity index (χ0v) is 12.0. The molecule has 0 radical (unpaired) electrons. The van der Waals surface area contributed by atoms with Crippen molar-refractivity contribution in [1.29, 1.82) is 0 Å². The number of hydrogen-bond acceptors (Lipinski definition) is 2. The van der Waals surface area contributed by atoms with E-state index < -0.39 is 0 Å². The van der Waals surface area contributed by atoms with E-state index in [2.05, 4.69) is 53.5 Å². The average Bonchev–Trinajstić information content (AvgIpc) is 2.58. The van der Waals surface area contributed by atoms with Gasteiger partial charge in [-0.3, -0.25) is 4.79 Å². The van der Waals surface area contributed by atoms with Crippen molar-refractivity contribution in [3.8, 4) is 0 Å². The van der Waals surface area contributed by atoms with Gasteiger partial charge in [0.2, 0.25) is 0 Å². The van der Waals surface area contributed by atoms with Crippen LogP contribution in [0.5, 0.6) is 0 Å². The third kappa shape index (κ3) is 3.05. The van der Waals surface area contributed by atoms with Gasteiger partial charge < -0.3 is 4.90 Å². The molecule has 106 valence electrons. The minimum Gasteiger partial charge on any atom is -0.338 e. The zero-order chi connectivity index (χ0) is 14.5. The standard InChI is InChI=1S/C19H19NO/c21-15-16-11-13-19(14-12-16)20(17-7-3-1-4-8-17)18-9-5-2-6-10-18/h1-5,7-9,11-13,15,19H,6,10,14H2. The Hall–Kier alpha value is -2.35. The summed E-state index contributed by atoms with van der Waals surface area (Å²) >= 11 is 0. The van der Waals surface area contributed by atoms with Crippen LogP contribution in [-0.4, -0.2) is 12.3 Å². The van der Waals surface area contributed by atoms with Crippen LogP contribution in [0.4, 0.5) is 5.69 Å². The highest BCUT2D eigenvalue weighted by Crippen LogP contribution is 2.30. The molecular formula is C19H19NO. The maximum Gasteiger partial charge on any atom is 0.149 e. The number of para-hydroxylation sites is 1. The summed E-state index contributed by atoms with van der Waals surface area (Å²) in [6, 6.07) is 10.7. The Bertz CT molecular complexity index is 622. The summed E-state index contributed by atoms with van der Waals surface area (Å²) in [7, 11) is 0. The lowest BCUT2D eigenvalue weighted by molar-refractivity contribution is -0.104. The smallest absolute Gasteiger partial charge is 0.149 e. The first-order valence-corrected chi connectivity index (χ1v) is 7.42. The third-order valence-corrected chi connectivity index (χ3v) is 3.91. The molecule has 2 aliphatic carbocycles. The zero-order valence-electron chi connectivity index (χ0n) is 12.0. The minimum absolute atomic E-state index is 0.272. The van der Waals surface area contributed by atoms with Gasteiger partial charge >= 0.3 is 0 Å². The molecule has 1 unspecified atom stereocenters. The van der Waals surface area contributed by atoms with Crippen molar-refractivity contribution in [2.24, 2.45) is 0 Å². The predicted octanol–water partition coefficient (Wildman–Crippen LogP) is 4.18. The summed E-state index contributed by atoms with van der Waals surface area (Å²) in [6.45, 7) is 0. The summed E-state index contributed by atoms with van der Waals surface area (Å²) in [5.74, 6) is 0. The topological polar surface area (TPSA) is 20.3 Å². The molecule has 3 rings (SSSR count). The third-order valence-electron chi connectivity index (χ3n) is 3.91. The lowest BCUT2D eigenvalue weighted by Crippen LogP contribution is -2.34. The van der Waals surface area contributed by atoms with Crippen molar-refractivity contribution in [3.63, 3.8) is 0 Å². The fourth-order valence-corrected chi connectivity index (χ4v) is 2.85. The van der Waals surface area contributed by atoms with Gasteiger partial charge in [-0.1, -0.05) is 48.6 Å². The molecule has 0 aromatic heterocycles. The molecule has 0 saturated heterocycles. The van der Waals surface area contributed by atoms with Crippen LogP contribution in [0, 0.1) is 0 Å². The Morgan fingerprint density at radius 3 is 2.67 bits per heavy atom. The van der Waals surface area contributed by atoms with Crippen LogP contribution in [0.1, 0.15) is 19.3 Å². The number of benzene rings is 1. The lowest BCUT2D eigenvalue weighted by Gasteiger charge is -2.35. The van der Waals surface area contributed by atoms with Crippen molar-refractivity contribution in [1.82, 2.24) is 0 Å². The van der Waals surface area contributed by atoms with Gasteiger partial charge in [-0.05, 0) is 37.5 Å². The van der Waals surface area contributed by atoms with Crippen molar-refractivity contribution in [3.05, 3.63) is 78.1 Å². The Morgan fingerprint density at radius 2 is 2.05 bits per heavy atom. The number of rotatable bonds is 4. The molecule has 0 saturated carbocycles. The van der Waals surface area contributed by atoms with Gasteiger partial charge in [-0.15, -0.1) is 0 Å². The first kappa shape index (κ1) is 13.6.